The molecule has 0 spiro atoms. The first-order chi connectivity index (χ1) is 31.8. The van der Waals surface area contributed by atoms with Gasteiger partial charge in [0.05, 0.1) is 0 Å². The van der Waals surface area contributed by atoms with Crippen LogP contribution in [-0.2, 0) is 92.4 Å². The Morgan fingerprint density at radius 1 is 0.343 bits per heavy atom. The molecule has 0 aliphatic heterocycles. The summed E-state index contributed by atoms with van der Waals surface area (Å²) in [6.07, 6.45) is 5.94. The number of unbranched alkanes of at least 4 members (excludes halogenated alkanes) is 14. The van der Waals surface area contributed by atoms with Gasteiger partial charge in [-0.25, -0.2) is 38.4 Å². The van der Waals surface area contributed by atoms with Crippen LogP contribution in [0.5, 0.6) is 0 Å². The van der Waals surface area contributed by atoms with Crippen molar-refractivity contribution in [2.75, 3.05) is 0 Å². The summed E-state index contributed by atoms with van der Waals surface area (Å²) in [6.45, 7) is 11.6. The minimum atomic E-state index is -1.62. The van der Waals surface area contributed by atoms with Gasteiger partial charge in [-0.15, -0.1) is 0 Å². The average Bonchev–Trinajstić information content (AvgIpc) is 3.29. The highest BCUT2D eigenvalue weighted by Gasteiger charge is 2.33. The van der Waals surface area contributed by atoms with Gasteiger partial charge in [-0.2, -0.15) is 0 Å². The molecule has 8 unspecified atom stereocenters. The molecule has 0 saturated heterocycles. The van der Waals surface area contributed by atoms with E-state index in [2.05, 4.69) is 6.92 Å². The van der Waals surface area contributed by atoms with Gasteiger partial charge in [-0.1, -0.05) is 127 Å². The van der Waals surface area contributed by atoms with Crippen molar-refractivity contribution in [3.05, 3.63) is 35.9 Å². The van der Waals surface area contributed by atoms with Crippen LogP contribution in [0.4, 0.5) is 0 Å². The maximum atomic E-state index is 12.6. The molecular weight excluding hydrogens is 877 g/mol. The van der Waals surface area contributed by atoms with Crippen molar-refractivity contribution < 1.29 is 85.8 Å². The monoisotopic (exact) mass is 950 g/mol. The van der Waals surface area contributed by atoms with Crippen LogP contribution >= 0.6 is 0 Å². The zero-order valence-electron chi connectivity index (χ0n) is 40.9. The summed E-state index contributed by atoms with van der Waals surface area (Å²) in [5, 5.41) is 0. The van der Waals surface area contributed by atoms with E-state index < -0.39 is 103 Å². The minimum Gasteiger partial charge on any atom is -0.458 e. The molecule has 0 N–H and O–H groups in total. The van der Waals surface area contributed by atoms with Crippen molar-refractivity contribution >= 4 is 53.7 Å². The van der Waals surface area contributed by atoms with Crippen LogP contribution in [0.1, 0.15) is 171 Å². The number of carbonyl (C=O) groups excluding carboxylic acids is 9. The standard InChI is InChI=1S/C49H74O18/c1-10-11-12-13-14-15-16-17-18-19-20-21-22-23-27-30-41(50)60-33(3)43(52)62-35(5)45(54)64-37(7)47(56)66-39(9)49(58)67-38(8)48(57)65-36(6)46(55)63-34(4)44(53)61-32(2)42(51)59-31-40-28-25-24-26-29-40/h24-26,28-29,32-39H,10-23,27,30-31H2,1-9H3. The van der Waals surface area contributed by atoms with Gasteiger partial charge >= 0.3 is 53.7 Å². The van der Waals surface area contributed by atoms with Crippen molar-refractivity contribution in [2.24, 2.45) is 0 Å². The van der Waals surface area contributed by atoms with Crippen molar-refractivity contribution in [3.63, 3.8) is 0 Å². The molecule has 0 fully saturated rings. The predicted octanol–water partition coefficient (Wildman–Crippen LogP) is 7.44. The Bertz CT molecular complexity index is 1700. The molecule has 1 rings (SSSR count). The van der Waals surface area contributed by atoms with Crippen molar-refractivity contribution in [1.29, 1.82) is 0 Å². The first kappa shape index (κ1) is 59.5. The van der Waals surface area contributed by atoms with Crippen LogP contribution in [0.25, 0.3) is 0 Å². The molecule has 0 aromatic heterocycles. The Balaban J connectivity index is 2.34. The lowest BCUT2D eigenvalue weighted by molar-refractivity contribution is -0.189. The first-order valence-electron chi connectivity index (χ1n) is 23.6. The summed E-state index contributed by atoms with van der Waals surface area (Å²) in [6, 6.07) is 8.80. The van der Waals surface area contributed by atoms with Gasteiger partial charge in [0.25, 0.3) is 0 Å². The smallest absolute Gasteiger partial charge is 0.347 e. The molecule has 67 heavy (non-hydrogen) atoms. The number of ether oxygens (including phenoxy) is 9. The molecule has 8 atom stereocenters. The third kappa shape index (κ3) is 26.4. The fourth-order valence-electron chi connectivity index (χ4n) is 6.02. The lowest BCUT2D eigenvalue weighted by Crippen LogP contribution is -2.39. The summed E-state index contributed by atoms with van der Waals surface area (Å²) in [4.78, 5) is 112. The second-order valence-corrected chi connectivity index (χ2v) is 16.5. The molecule has 0 saturated carbocycles. The Labute approximate surface area is 395 Å². The van der Waals surface area contributed by atoms with E-state index in [0.29, 0.717) is 6.42 Å². The molecular formula is C49H74O18. The second kappa shape index (κ2) is 33.8. The Morgan fingerprint density at radius 2 is 0.597 bits per heavy atom. The number of rotatable bonds is 34. The number of hydrogen-bond acceptors (Lipinski definition) is 18. The first-order valence-corrected chi connectivity index (χ1v) is 23.6. The predicted molar refractivity (Wildman–Crippen MR) is 240 cm³/mol. The number of hydrogen-bond donors (Lipinski definition) is 0. The second-order valence-electron chi connectivity index (χ2n) is 16.5. The third-order valence-electron chi connectivity index (χ3n) is 10.2. The van der Waals surface area contributed by atoms with Crippen molar-refractivity contribution in [3.8, 4) is 0 Å². The van der Waals surface area contributed by atoms with Crippen molar-refractivity contribution in [1.82, 2.24) is 0 Å². The number of benzene rings is 1. The van der Waals surface area contributed by atoms with Gasteiger partial charge in [-0.05, 0) is 67.4 Å². The third-order valence-corrected chi connectivity index (χ3v) is 10.2. The minimum absolute atomic E-state index is 0.0491. The van der Waals surface area contributed by atoms with Crippen LogP contribution in [0.2, 0.25) is 0 Å². The van der Waals surface area contributed by atoms with E-state index in [4.69, 9.17) is 42.6 Å². The molecule has 1 aromatic rings. The maximum absolute atomic E-state index is 12.6. The molecule has 0 bridgehead atoms. The van der Waals surface area contributed by atoms with E-state index in [-0.39, 0.29) is 13.0 Å². The largest absolute Gasteiger partial charge is 0.458 e. The number of carbonyl (C=O) groups is 9. The molecule has 0 aliphatic rings. The van der Waals surface area contributed by atoms with Crippen LogP contribution in [0.15, 0.2) is 30.3 Å². The molecule has 0 radical (unpaired) electrons. The Kier molecular flexibility index (Phi) is 30.0. The Hall–Kier alpha value is -5.55. The fraction of sp³-hybridized carbons (Fsp3) is 0.694. The topological polar surface area (TPSA) is 237 Å². The molecule has 0 aliphatic carbocycles. The van der Waals surface area contributed by atoms with Crippen LogP contribution < -0.4 is 0 Å². The number of esters is 9. The lowest BCUT2D eigenvalue weighted by Gasteiger charge is -2.21. The molecule has 378 valence electrons. The average molecular weight is 951 g/mol. The van der Waals surface area contributed by atoms with E-state index in [1.165, 1.54) is 98.3 Å². The van der Waals surface area contributed by atoms with Gasteiger partial charge in [-0.3, -0.25) is 4.79 Å². The highest BCUT2D eigenvalue weighted by molar-refractivity contribution is 5.88. The summed E-state index contributed by atoms with van der Waals surface area (Å²) in [5.41, 5.74) is 0.717. The van der Waals surface area contributed by atoms with E-state index in [9.17, 15) is 43.2 Å². The highest BCUT2D eigenvalue weighted by atomic mass is 16.7. The van der Waals surface area contributed by atoms with E-state index >= 15 is 0 Å². The van der Waals surface area contributed by atoms with Crippen molar-refractivity contribution in [2.45, 2.75) is 220 Å². The van der Waals surface area contributed by atoms with Gasteiger partial charge in [0, 0.05) is 6.42 Å². The van der Waals surface area contributed by atoms with Gasteiger partial charge in [0.1, 0.15) is 6.61 Å². The zero-order valence-corrected chi connectivity index (χ0v) is 40.9. The van der Waals surface area contributed by atoms with Crippen LogP contribution in [0.3, 0.4) is 0 Å². The fourth-order valence-corrected chi connectivity index (χ4v) is 6.02. The van der Waals surface area contributed by atoms with Crippen LogP contribution in [-0.4, -0.2) is 103 Å². The zero-order chi connectivity index (χ0) is 50.3. The van der Waals surface area contributed by atoms with E-state index in [1.807, 2.05) is 0 Å². The molecule has 0 heterocycles. The van der Waals surface area contributed by atoms with E-state index in [0.717, 1.165) is 52.5 Å². The van der Waals surface area contributed by atoms with Gasteiger partial charge < -0.3 is 42.6 Å². The molecule has 0 amide bonds. The Morgan fingerprint density at radius 3 is 0.896 bits per heavy atom. The summed E-state index contributed by atoms with van der Waals surface area (Å²) in [7, 11) is 0. The summed E-state index contributed by atoms with van der Waals surface area (Å²) >= 11 is 0. The maximum Gasteiger partial charge on any atom is 0.347 e. The summed E-state index contributed by atoms with van der Waals surface area (Å²) < 4.78 is 45.3. The summed E-state index contributed by atoms with van der Waals surface area (Å²) in [5.74, 6) is -9.36. The molecule has 18 heteroatoms. The quantitative estimate of drug-likeness (QED) is 0.0370. The highest BCUT2D eigenvalue weighted by Crippen LogP contribution is 2.15. The van der Waals surface area contributed by atoms with Gasteiger partial charge in [0.15, 0.2) is 48.8 Å². The molecule has 18 nitrogen and oxygen atoms in total. The van der Waals surface area contributed by atoms with Gasteiger partial charge in [0.2, 0.25) is 0 Å². The SMILES string of the molecule is CCCCCCCCCCCCCCCCCC(=O)OC(C)C(=O)OC(C)C(=O)OC(C)C(=O)OC(C)C(=O)OC(C)C(=O)OC(C)C(=O)OC(C)C(=O)OC(C)C(=O)OCc1ccccc1. The molecule has 1 aromatic carbocycles. The van der Waals surface area contributed by atoms with Crippen LogP contribution in [0, 0.1) is 0 Å². The normalized spacial score (nSPS) is 14.5. The lowest BCUT2D eigenvalue weighted by atomic mass is 10.0. The van der Waals surface area contributed by atoms with E-state index in [1.54, 1.807) is 30.3 Å².